The molecule has 0 saturated carbocycles. The standard InChI is InChI=1S/C40H32N5.Pt/c1-27-21-22-41-39(23-27)45-35-16-6-5-15-33(35)34-20-19-32(25-38(34)45)44(40-28(2)11-9-12-29(40)3)31-14-10-13-30(24-31)43-26-42(4)36-17-7-8-18-37(36)43;/h5-23,26H,1-4H3;/q-1;/i1D3;. The summed E-state index contributed by atoms with van der Waals surface area (Å²) in [5.74, 6) is 0.530. The molecule has 6 heteroatoms. The van der Waals surface area contributed by atoms with Crippen LogP contribution in [0.1, 0.15) is 20.8 Å². The molecule has 0 saturated heterocycles. The van der Waals surface area contributed by atoms with Crippen LogP contribution in [0.4, 0.5) is 17.1 Å². The number of imidazole rings is 1. The van der Waals surface area contributed by atoms with Crippen molar-refractivity contribution < 1.29 is 25.2 Å². The third-order valence-electron chi connectivity index (χ3n) is 8.52. The predicted octanol–water partition coefficient (Wildman–Crippen LogP) is 9.74. The molecule has 5 nitrogen and oxygen atoms in total. The quantitative estimate of drug-likeness (QED) is 0.163. The van der Waals surface area contributed by atoms with Crippen LogP contribution in [0.3, 0.4) is 0 Å². The smallest absolute Gasteiger partial charge is 0.188 e. The molecule has 0 spiro atoms. The number of rotatable bonds is 5. The maximum Gasteiger partial charge on any atom is 0.188 e. The first-order valence-electron chi connectivity index (χ1n) is 16.5. The van der Waals surface area contributed by atoms with E-state index in [1.807, 2.05) is 22.8 Å². The Morgan fingerprint density at radius 3 is 2.26 bits per heavy atom. The van der Waals surface area contributed by atoms with Gasteiger partial charge >= 0.3 is 0 Å². The largest absolute Gasteiger partial charge is 0.357 e. The van der Waals surface area contributed by atoms with Crippen molar-refractivity contribution in [2.24, 2.45) is 7.05 Å². The first-order valence-corrected chi connectivity index (χ1v) is 15.0. The zero-order valence-corrected chi connectivity index (χ0v) is 27.9. The van der Waals surface area contributed by atoms with Crippen molar-refractivity contribution in [3.63, 3.8) is 0 Å². The maximum absolute atomic E-state index is 8.04. The maximum atomic E-state index is 8.04. The molecule has 0 aliphatic heterocycles. The number of aryl methyl sites for hydroxylation is 4. The third kappa shape index (κ3) is 4.83. The molecule has 0 fully saturated rings. The number of anilines is 3. The number of hydrogen-bond acceptors (Lipinski definition) is 2. The fourth-order valence-corrected chi connectivity index (χ4v) is 6.49. The molecule has 8 rings (SSSR count). The summed E-state index contributed by atoms with van der Waals surface area (Å²) in [6, 6.07) is 43.9. The topological polar surface area (TPSA) is 30.9 Å². The molecule has 3 aromatic heterocycles. The van der Waals surface area contributed by atoms with E-state index in [4.69, 9.17) is 4.11 Å². The minimum atomic E-state index is -2.26. The van der Waals surface area contributed by atoms with E-state index in [9.17, 15) is 0 Å². The van der Waals surface area contributed by atoms with Crippen molar-refractivity contribution in [2.45, 2.75) is 20.7 Å². The SMILES string of the molecule is [2H]C([2H])([2H])c1ccnc(-n2c3[c-]c(N(c4[c-]c(-n5[cH+]n(C)c6ccccc65)ccc4)c4c(C)cccc4C)ccc3c3ccccc32)c1.[Pt]. The van der Waals surface area contributed by atoms with Gasteiger partial charge in [-0.25, -0.2) is 14.1 Å². The van der Waals surface area contributed by atoms with E-state index in [0.29, 0.717) is 5.82 Å². The number of hydrogen-bond donors (Lipinski definition) is 0. The monoisotopic (exact) mass is 780 g/mol. The van der Waals surface area contributed by atoms with E-state index in [-0.39, 0.29) is 26.6 Å². The van der Waals surface area contributed by atoms with Crippen molar-refractivity contribution in [3.8, 4) is 11.5 Å². The van der Waals surface area contributed by atoms with E-state index in [0.717, 1.165) is 66.7 Å². The summed E-state index contributed by atoms with van der Waals surface area (Å²) in [5.41, 5.74) is 10.1. The summed E-state index contributed by atoms with van der Waals surface area (Å²) < 4.78 is 30.4. The molecule has 0 radical (unpaired) electrons. The van der Waals surface area contributed by atoms with Gasteiger partial charge < -0.3 is 9.47 Å². The first kappa shape index (κ1) is 26.2. The van der Waals surface area contributed by atoms with Crippen LogP contribution >= 0.6 is 0 Å². The Bertz CT molecular complexity index is 2490. The second-order valence-corrected chi connectivity index (χ2v) is 11.4. The van der Waals surface area contributed by atoms with Gasteiger partial charge in [0, 0.05) is 67.4 Å². The van der Waals surface area contributed by atoms with Gasteiger partial charge in [-0.15, -0.1) is 29.7 Å². The molecule has 0 bridgehead atoms. The van der Waals surface area contributed by atoms with Gasteiger partial charge in [-0.05, 0) is 73.1 Å². The van der Waals surface area contributed by atoms with Crippen molar-refractivity contribution in [2.75, 3.05) is 4.90 Å². The fourth-order valence-electron chi connectivity index (χ4n) is 6.49. The molecular formula is C40H32N5Pt-. The molecule has 0 aliphatic rings. The molecule has 228 valence electrons. The van der Waals surface area contributed by atoms with Crippen molar-refractivity contribution in [1.82, 2.24) is 18.7 Å². The molecule has 46 heavy (non-hydrogen) atoms. The summed E-state index contributed by atoms with van der Waals surface area (Å²) in [4.78, 5) is 6.87. The summed E-state index contributed by atoms with van der Waals surface area (Å²) in [5, 5.41) is 2.04. The average Bonchev–Trinajstić information content (AvgIpc) is 3.60. The Labute approximate surface area is 287 Å². The number of para-hydroxylation sites is 4. The normalized spacial score (nSPS) is 12.5. The summed E-state index contributed by atoms with van der Waals surface area (Å²) in [7, 11) is 2.05. The Hall–Kier alpha value is -4.99. The van der Waals surface area contributed by atoms with E-state index in [1.54, 1.807) is 18.3 Å². The second kappa shape index (κ2) is 11.7. The van der Waals surface area contributed by atoms with Crippen LogP contribution in [0, 0.1) is 32.8 Å². The van der Waals surface area contributed by atoms with Crippen LogP contribution in [0.5, 0.6) is 0 Å². The Kier molecular flexibility index (Phi) is 6.70. The molecular weight excluding hydrogens is 746 g/mol. The zero-order valence-electron chi connectivity index (χ0n) is 28.6. The molecule has 0 atom stereocenters. The van der Waals surface area contributed by atoms with Crippen molar-refractivity contribution in [3.05, 3.63) is 151 Å². The van der Waals surface area contributed by atoms with E-state index in [1.165, 1.54) is 0 Å². The summed E-state index contributed by atoms with van der Waals surface area (Å²) in [6.45, 7) is 1.99. The molecule has 0 unspecified atom stereocenters. The number of benzene rings is 5. The van der Waals surface area contributed by atoms with Gasteiger partial charge in [-0.1, -0.05) is 59.4 Å². The minimum Gasteiger partial charge on any atom is -0.357 e. The summed E-state index contributed by atoms with van der Waals surface area (Å²) in [6.07, 6.45) is 3.65. The van der Waals surface area contributed by atoms with E-state index < -0.39 is 6.85 Å². The zero-order chi connectivity index (χ0) is 33.2. The molecule has 0 N–H and O–H groups in total. The third-order valence-corrected chi connectivity index (χ3v) is 8.52. The van der Waals surface area contributed by atoms with Gasteiger partial charge in [0.2, 0.25) is 0 Å². The van der Waals surface area contributed by atoms with Crippen LogP contribution < -0.4 is 4.90 Å². The van der Waals surface area contributed by atoms with Gasteiger partial charge in [0.15, 0.2) is 17.4 Å². The Morgan fingerprint density at radius 1 is 0.739 bits per heavy atom. The van der Waals surface area contributed by atoms with E-state index >= 15 is 0 Å². The molecule has 5 aromatic carbocycles. The van der Waals surface area contributed by atoms with Crippen molar-refractivity contribution >= 4 is 49.9 Å². The Morgan fingerprint density at radius 2 is 1.46 bits per heavy atom. The number of fused-ring (bicyclic) bond motifs is 4. The van der Waals surface area contributed by atoms with Crippen LogP contribution in [0.25, 0.3) is 44.3 Å². The molecule has 0 aliphatic carbocycles. The fraction of sp³-hybridized carbons (Fsp3) is 0.100. The number of pyridine rings is 1. The predicted molar refractivity (Wildman–Crippen MR) is 185 cm³/mol. The van der Waals surface area contributed by atoms with Gasteiger partial charge in [0.05, 0.1) is 0 Å². The first-order chi connectivity index (χ1) is 23.2. The van der Waals surface area contributed by atoms with Crippen LogP contribution in [0.2, 0.25) is 0 Å². The molecule has 8 aromatic rings. The number of nitrogens with zero attached hydrogens (tertiary/aromatic N) is 5. The van der Waals surface area contributed by atoms with Crippen molar-refractivity contribution in [1.29, 1.82) is 0 Å². The van der Waals surface area contributed by atoms with Crippen LogP contribution in [-0.2, 0) is 28.1 Å². The van der Waals surface area contributed by atoms with Crippen LogP contribution in [0.15, 0.2) is 122 Å². The van der Waals surface area contributed by atoms with E-state index in [2.05, 4.69) is 137 Å². The average molecular weight is 781 g/mol. The van der Waals surface area contributed by atoms with Gasteiger partial charge in [-0.2, -0.15) is 12.1 Å². The van der Waals surface area contributed by atoms with Crippen LogP contribution in [-0.4, -0.2) is 18.7 Å². The van der Waals surface area contributed by atoms with Gasteiger partial charge in [-0.3, -0.25) is 0 Å². The number of aromatic nitrogens is 4. The Balaban J connectivity index is 0.00000378. The van der Waals surface area contributed by atoms with Gasteiger partial charge in [0.25, 0.3) is 0 Å². The molecule has 0 amide bonds. The molecule has 3 heterocycles. The van der Waals surface area contributed by atoms with Gasteiger partial charge in [0.1, 0.15) is 5.82 Å². The summed E-state index contributed by atoms with van der Waals surface area (Å²) >= 11 is 0. The second-order valence-electron chi connectivity index (χ2n) is 11.4. The minimum absolute atomic E-state index is 0.